The molecule has 0 radical (unpaired) electrons. The number of anilines is 1. The minimum Gasteiger partial charge on any atom is -0.464 e. The van der Waals surface area contributed by atoms with Crippen molar-refractivity contribution in [1.82, 2.24) is 10.3 Å². The lowest BCUT2D eigenvalue weighted by Gasteiger charge is -2.19. The molecule has 17 heavy (non-hydrogen) atoms. The van der Waals surface area contributed by atoms with Crippen molar-refractivity contribution in [3.8, 4) is 0 Å². The van der Waals surface area contributed by atoms with Crippen LogP contribution in [0.3, 0.4) is 0 Å². The van der Waals surface area contributed by atoms with Crippen molar-refractivity contribution in [3.63, 3.8) is 0 Å². The monoisotopic (exact) mass is 233 g/mol. The highest BCUT2D eigenvalue weighted by molar-refractivity contribution is 5.88. The van der Waals surface area contributed by atoms with E-state index in [-0.39, 0.29) is 0 Å². The molecule has 4 heteroatoms. The summed E-state index contributed by atoms with van der Waals surface area (Å²) in [4.78, 5) is 6.56. The van der Waals surface area contributed by atoms with Crippen LogP contribution in [0.2, 0.25) is 0 Å². The second-order valence-electron chi connectivity index (χ2n) is 4.50. The Morgan fingerprint density at radius 3 is 3.00 bits per heavy atom. The molecule has 0 fully saturated rings. The number of aromatic nitrogens is 1. The number of fused-ring (bicyclic) bond motifs is 1. The summed E-state index contributed by atoms with van der Waals surface area (Å²) >= 11 is 0. The van der Waals surface area contributed by atoms with Crippen LogP contribution in [0.4, 0.5) is 5.82 Å². The van der Waals surface area contributed by atoms with E-state index in [0.717, 1.165) is 29.9 Å². The van der Waals surface area contributed by atoms with Crippen LogP contribution in [-0.4, -0.2) is 31.2 Å². The molecule has 1 N–H and O–H groups in total. The first-order chi connectivity index (χ1) is 8.18. The smallest absolute Gasteiger partial charge is 0.139 e. The molecular weight excluding hydrogens is 214 g/mol. The molecule has 2 aromatic rings. The fourth-order valence-corrected chi connectivity index (χ4v) is 1.81. The number of pyridine rings is 1. The highest BCUT2D eigenvalue weighted by Gasteiger charge is 2.08. The fourth-order valence-electron chi connectivity index (χ4n) is 1.81. The molecule has 0 spiro atoms. The molecule has 0 unspecified atom stereocenters. The van der Waals surface area contributed by atoms with Gasteiger partial charge in [-0.25, -0.2) is 4.98 Å². The Bertz CT molecular complexity index is 478. The SMILES string of the molecule is CC(C)NCCN(C)c1nccc2occc12. The van der Waals surface area contributed by atoms with Crippen LogP contribution in [0.25, 0.3) is 11.0 Å². The fraction of sp³-hybridized carbons (Fsp3) is 0.462. The Kier molecular flexibility index (Phi) is 3.64. The molecule has 0 saturated carbocycles. The van der Waals surface area contributed by atoms with Gasteiger partial charge in [-0.15, -0.1) is 0 Å². The lowest BCUT2D eigenvalue weighted by atomic mass is 10.3. The molecular formula is C13H19N3O. The lowest BCUT2D eigenvalue weighted by molar-refractivity contribution is 0.588. The lowest BCUT2D eigenvalue weighted by Crippen LogP contribution is -2.33. The molecule has 0 bridgehead atoms. The molecule has 2 aromatic heterocycles. The number of nitrogens with zero attached hydrogens (tertiary/aromatic N) is 2. The zero-order valence-electron chi connectivity index (χ0n) is 10.6. The van der Waals surface area contributed by atoms with Crippen molar-refractivity contribution in [3.05, 3.63) is 24.6 Å². The second kappa shape index (κ2) is 5.19. The van der Waals surface area contributed by atoms with Gasteiger partial charge in [0.2, 0.25) is 0 Å². The van der Waals surface area contributed by atoms with Crippen LogP contribution < -0.4 is 10.2 Å². The van der Waals surface area contributed by atoms with Crippen LogP contribution in [0, 0.1) is 0 Å². The normalized spacial score (nSPS) is 11.3. The van der Waals surface area contributed by atoms with Crippen LogP contribution in [0.1, 0.15) is 13.8 Å². The van der Waals surface area contributed by atoms with E-state index >= 15 is 0 Å². The predicted octanol–water partition coefficient (Wildman–Crippen LogP) is 2.26. The van der Waals surface area contributed by atoms with Crippen LogP contribution >= 0.6 is 0 Å². The quantitative estimate of drug-likeness (QED) is 0.860. The maximum Gasteiger partial charge on any atom is 0.139 e. The van der Waals surface area contributed by atoms with E-state index in [9.17, 15) is 0 Å². The Morgan fingerprint density at radius 1 is 1.41 bits per heavy atom. The summed E-state index contributed by atoms with van der Waals surface area (Å²) in [7, 11) is 2.05. The maximum atomic E-state index is 5.37. The van der Waals surface area contributed by atoms with Gasteiger partial charge in [-0.1, -0.05) is 13.8 Å². The van der Waals surface area contributed by atoms with E-state index in [1.54, 1.807) is 12.5 Å². The van der Waals surface area contributed by atoms with Gasteiger partial charge in [0.05, 0.1) is 11.6 Å². The molecule has 2 rings (SSSR count). The molecule has 92 valence electrons. The first-order valence-electron chi connectivity index (χ1n) is 5.95. The molecule has 0 aliphatic carbocycles. The molecule has 0 aliphatic heterocycles. The Hall–Kier alpha value is -1.55. The molecule has 0 atom stereocenters. The van der Waals surface area contributed by atoms with Gasteiger partial charge in [0.1, 0.15) is 11.4 Å². The van der Waals surface area contributed by atoms with Gasteiger partial charge < -0.3 is 14.6 Å². The van der Waals surface area contributed by atoms with E-state index in [1.165, 1.54) is 0 Å². The molecule has 0 amide bonds. The average Bonchev–Trinajstić information content (AvgIpc) is 2.75. The topological polar surface area (TPSA) is 41.3 Å². The minimum atomic E-state index is 0.515. The third-order valence-corrected chi connectivity index (χ3v) is 2.72. The number of hydrogen-bond acceptors (Lipinski definition) is 4. The predicted molar refractivity (Wildman–Crippen MR) is 70.4 cm³/mol. The third-order valence-electron chi connectivity index (χ3n) is 2.72. The molecule has 0 saturated heterocycles. The first kappa shape index (κ1) is 11.9. The van der Waals surface area contributed by atoms with Crippen molar-refractivity contribution in [2.45, 2.75) is 19.9 Å². The largest absolute Gasteiger partial charge is 0.464 e. The van der Waals surface area contributed by atoms with E-state index in [0.29, 0.717) is 6.04 Å². The summed E-state index contributed by atoms with van der Waals surface area (Å²) in [5.41, 5.74) is 0.888. The van der Waals surface area contributed by atoms with Crippen molar-refractivity contribution in [2.75, 3.05) is 25.0 Å². The highest BCUT2D eigenvalue weighted by atomic mass is 16.3. The maximum absolute atomic E-state index is 5.37. The molecule has 2 heterocycles. The van der Waals surface area contributed by atoms with Crippen LogP contribution in [-0.2, 0) is 0 Å². The second-order valence-corrected chi connectivity index (χ2v) is 4.50. The van der Waals surface area contributed by atoms with Crippen LogP contribution in [0.5, 0.6) is 0 Å². The summed E-state index contributed by atoms with van der Waals surface area (Å²) in [6.45, 7) is 6.17. The summed E-state index contributed by atoms with van der Waals surface area (Å²) in [5.74, 6) is 0.974. The van der Waals surface area contributed by atoms with Gasteiger partial charge >= 0.3 is 0 Å². The highest BCUT2D eigenvalue weighted by Crippen LogP contribution is 2.23. The standard InChI is InChI=1S/C13H19N3O/c1-10(2)14-7-8-16(3)13-11-5-9-17-12(11)4-6-15-13/h4-6,9-10,14H,7-8H2,1-3H3. The van der Waals surface area contributed by atoms with Crippen LogP contribution in [0.15, 0.2) is 29.0 Å². The zero-order chi connectivity index (χ0) is 12.3. The van der Waals surface area contributed by atoms with Gasteiger partial charge in [0.25, 0.3) is 0 Å². The number of furan rings is 1. The number of hydrogen-bond donors (Lipinski definition) is 1. The summed E-state index contributed by atoms with van der Waals surface area (Å²) in [5, 5.41) is 4.46. The Balaban J connectivity index is 2.08. The van der Waals surface area contributed by atoms with Crippen molar-refractivity contribution in [2.24, 2.45) is 0 Å². The van der Waals surface area contributed by atoms with Gasteiger partial charge in [-0.05, 0) is 12.1 Å². The van der Waals surface area contributed by atoms with E-state index in [2.05, 4.69) is 36.1 Å². The summed E-state index contributed by atoms with van der Waals surface area (Å²) in [6.07, 6.45) is 3.49. The first-order valence-corrected chi connectivity index (χ1v) is 5.95. The van der Waals surface area contributed by atoms with Crippen molar-refractivity contribution >= 4 is 16.8 Å². The van der Waals surface area contributed by atoms with E-state index in [1.807, 2.05) is 12.1 Å². The van der Waals surface area contributed by atoms with Crippen molar-refractivity contribution in [1.29, 1.82) is 0 Å². The van der Waals surface area contributed by atoms with E-state index in [4.69, 9.17) is 4.42 Å². The third kappa shape index (κ3) is 2.77. The summed E-state index contributed by atoms with van der Waals surface area (Å²) < 4.78 is 5.37. The van der Waals surface area contributed by atoms with Gasteiger partial charge in [-0.3, -0.25) is 0 Å². The van der Waals surface area contributed by atoms with Crippen molar-refractivity contribution < 1.29 is 4.42 Å². The zero-order valence-corrected chi connectivity index (χ0v) is 10.6. The number of likely N-dealkylation sites (N-methyl/N-ethyl adjacent to an activating group) is 1. The average molecular weight is 233 g/mol. The Labute approximate surface area is 102 Å². The molecule has 4 nitrogen and oxygen atoms in total. The number of rotatable bonds is 5. The van der Waals surface area contributed by atoms with E-state index < -0.39 is 0 Å². The molecule has 0 aliphatic rings. The Morgan fingerprint density at radius 2 is 2.24 bits per heavy atom. The minimum absolute atomic E-state index is 0.515. The van der Waals surface area contributed by atoms with Gasteiger partial charge in [-0.2, -0.15) is 0 Å². The molecule has 0 aromatic carbocycles. The van der Waals surface area contributed by atoms with Gasteiger partial charge in [0.15, 0.2) is 0 Å². The van der Waals surface area contributed by atoms with Gasteiger partial charge in [0, 0.05) is 32.4 Å². The number of nitrogens with one attached hydrogen (secondary N) is 1. The summed E-state index contributed by atoms with van der Waals surface area (Å²) in [6, 6.07) is 4.37.